The minimum Gasteiger partial charge on any atom is -0.245 e. The third kappa shape index (κ3) is 5.08. The SMILES string of the molecule is CCCCCc1nc(CC=S)nn1Cc1ccc(-c2ccccc2-c2nnn[nH]2)cc1. The van der Waals surface area contributed by atoms with E-state index in [-0.39, 0.29) is 0 Å². The van der Waals surface area contributed by atoms with Crippen LogP contribution >= 0.6 is 12.2 Å². The molecule has 31 heavy (non-hydrogen) atoms. The van der Waals surface area contributed by atoms with Crippen LogP contribution in [0.5, 0.6) is 0 Å². The van der Waals surface area contributed by atoms with Crippen LogP contribution < -0.4 is 0 Å². The number of nitrogens with one attached hydrogen (secondary N) is 1. The fourth-order valence-electron chi connectivity index (χ4n) is 3.61. The molecule has 0 unspecified atom stereocenters. The molecule has 0 bridgehead atoms. The van der Waals surface area contributed by atoms with Gasteiger partial charge in [-0.3, -0.25) is 0 Å². The Balaban J connectivity index is 1.55. The maximum absolute atomic E-state index is 4.99. The first-order chi connectivity index (χ1) is 15.3. The Kier molecular flexibility index (Phi) is 6.89. The zero-order valence-electron chi connectivity index (χ0n) is 17.5. The highest BCUT2D eigenvalue weighted by molar-refractivity contribution is 7.78. The fraction of sp³-hybridized carbons (Fsp3) is 0.304. The summed E-state index contributed by atoms with van der Waals surface area (Å²) in [5.41, 5.74) is 4.34. The predicted molar refractivity (Wildman–Crippen MR) is 125 cm³/mol. The lowest BCUT2D eigenvalue weighted by atomic mass is 9.98. The second kappa shape index (κ2) is 10.2. The molecule has 2 heterocycles. The molecule has 0 aliphatic carbocycles. The molecule has 7 nitrogen and oxygen atoms in total. The molecule has 0 aliphatic heterocycles. The van der Waals surface area contributed by atoms with Crippen LogP contribution in [0.1, 0.15) is 43.4 Å². The van der Waals surface area contributed by atoms with E-state index in [1.807, 2.05) is 22.9 Å². The van der Waals surface area contributed by atoms with Gasteiger partial charge in [0.05, 0.1) is 6.54 Å². The Morgan fingerprint density at radius 1 is 1.03 bits per heavy atom. The number of rotatable bonds is 10. The van der Waals surface area contributed by atoms with Crippen molar-refractivity contribution < 1.29 is 0 Å². The minimum atomic E-state index is 0.620. The number of tetrazole rings is 1. The number of benzene rings is 2. The van der Waals surface area contributed by atoms with Crippen LogP contribution in [-0.2, 0) is 19.4 Å². The molecule has 0 fully saturated rings. The molecule has 1 N–H and O–H groups in total. The van der Waals surface area contributed by atoms with Gasteiger partial charge in [-0.2, -0.15) is 5.10 Å². The summed E-state index contributed by atoms with van der Waals surface area (Å²) >= 11 is 4.99. The van der Waals surface area contributed by atoms with Crippen LogP contribution in [0.2, 0.25) is 0 Å². The highest BCUT2D eigenvalue weighted by Crippen LogP contribution is 2.29. The molecule has 0 saturated heterocycles. The fourth-order valence-corrected chi connectivity index (χ4v) is 3.76. The van der Waals surface area contributed by atoms with Gasteiger partial charge in [-0.1, -0.05) is 80.5 Å². The number of hydrogen-bond donors (Lipinski definition) is 1. The van der Waals surface area contributed by atoms with E-state index < -0.39 is 0 Å². The Bertz CT molecular complexity index is 1120. The average Bonchev–Trinajstić information content (AvgIpc) is 3.46. The van der Waals surface area contributed by atoms with Gasteiger partial charge in [0.15, 0.2) is 11.6 Å². The second-order valence-electron chi connectivity index (χ2n) is 7.42. The minimum absolute atomic E-state index is 0.620. The Hall–Kier alpha value is -3.26. The molecule has 2 aromatic heterocycles. The number of aromatic nitrogens is 7. The van der Waals surface area contributed by atoms with E-state index in [2.05, 4.69) is 63.0 Å². The highest BCUT2D eigenvalue weighted by Gasteiger charge is 2.12. The van der Waals surface area contributed by atoms with E-state index in [1.165, 1.54) is 18.4 Å². The summed E-state index contributed by atoms with van der Waals surface area (Å²) in [5.74, 6) is 2.49. The van der Waals surface area contributed by atoms with Crippen molar-refractivity contribution in [2.45, 2.75) is 45.6 Å². The van der Waals surface area contributed by atoms with Crippen LogP contribution in [0.25, 0.3) is 22.5 Å². The van der Waals surface area contributed by atoms with Gasteiger partial charge < -0.3 is 0 Å². The molecule has 2 aromatic carbocycles. The first kappa shape index (κ1) is 21.0. The van der Waals surface area contributed by atoms with E-state index in [0.717, 1.165) is 41.2 Å². The molecule has 0 spiro atoms. The number of unbranched alkanes of at least 4 members (excludes halogenated alkanes) is 2. The van der Waals surface area contributed by atoms with Crippen molar-refractivity contribution in [2.24, 2.45) is 0 Å². The normalized spacial score (nSPS) is 11.0. The van der Waals surface area contributed by atoms with Crippen molar-refractivity contribution in [3.8, 4) is 22.5 Å². The first-order valence-electron chi connectivity index (χ1n) is 10.6. The lowest BCUT2D eigenvalue weighted by Gasteiger charge is -2.09. The molecule has 0 radical (unpaired) electrons. The maximum atomic E-state index is 4.99. The molecule has 158 valence electrons. The number of aryl methyl sites for hydroxylation is 1. The van der Waals surface area contributed by atoms with Crippen molar-refractivity contribution >= 4 is 17.6 Å². The van der Waals surface area contributed by atoms with Crippen LogP contribution in [0, 0.1) is 0 Å². The van der Waals surface area contributed by atoms with Gasteiger partial charge in [-0.05, 0) is 38.9 Å². The van der Waals surface area contributed by atoms with E-state index in [1.54, 1.807) is 5.37 Å². The first-order valence-corrected chi connectivity index (χ1v) is 11.0. The summed E-state index contributed by atoms with van der Waals surface area (Å²) in [6, 6.07) is 16.6. The summed E-state index contributed by atoms with van der Waals surface area (Å²) in [6.07, 6.45) is 5.07. The molecule has 0 atom stereocenters. The van der Waals surface area contributed by atoms with Crippen molar-refractivity contribution in [3.05, 3.63) is 65.7 Å². The van der Waals surface area contributed by atoms with Gasteiger partial charge >= 0.3 is 0 Å². The molecule has 8 heteroatoms. The van der Waals surface area contributed by atoms with Crippen molar-refractivity contribution in [1.29, 1.82) is 0 Å². The third-order valence-electron chi connectivity index (χ3n) is 5.19. The zero-order valence-corrected chi connectivity index (χ0v) is 18.3. The van der Waals surface area contributed by atoms with Gasteiger partial charge in [0.25, 0.3) is 0 Å². The molecule has 4 aromatic rings. The van der Waals surface area contributed by atoms with Gasteiger partial charge in [-0.15, -0.1) is 5.10 Å². The quantitative estimate of drug-likeness (QED) is 0.295. The van der Waals surface area contributed by atoms with E-state index in [4.69, 9.17) is 17.2 Å². The molecule has 0 aliphatic rings. The standard InChI is InChI=1S/C23H25N7S/c1-2-3-4-9-22-24-21(14-15-31)27-30(22)16-17-10-12-18(13-11-17)19-7-5-6-8-20(19)23-25-28-29-26-23/h5-8,10-13,15H,2-4,9,14,16H2,1H3,(H,25,26,28,29). The Labute approximate surface area is 186 Å². The van der Waals surface area contributed by atoms with Gasteiger partial charge in [0, 0.05) is 18.4 Å². The van der Waals surface area contributed by atoms with Gasteiger partial charge in [0.1, 0.15) is 5.82 Å². The smallest absolute Gasteiger partial charge is 0.180 e. The average molecular weight is 432 g/mol. The Morgan fingerprint density at radius 2 is 1.84 bits per heavy atom. The van der Waals surface area contributed by atoms with Crippen molar-refractivity contribution in [1.82, 2.24) is 35.4 Å². The van der Waals surface area contributed by atoms with E-state index >= 15 is 0 Å². The van der Waals surface area contributed by atoms with Gasteiger partial charge in [0.2, 0.25) is 0 Å². The predicted octanol–water partition coefficient (Wildman–Crippen LogP) is 4.45. The largest absolute Gasteiger partial charge is 0.245 e. The molecule has 0 saturated carbocycles. The second-order valence-corrected chi connectivity index (χ2v) is 7.76. The summed E-state index contributed by atoms with van der Waals surface area (Å²) in [5, 5.41) is 20.7. The topological polar surface area (TPSA) is 85.2 Å². The van der Waals surface area contributed by atoms with Crippen LogP contribution in [0.15, 0.2) is 48.5 Å². The molecular weight excluding hydrogens is 406 g/mol. The monoisotopic (exact) mass is 431 g/mol. The third-order valence-corrected chi connectivity index (χ3v) is 5.35. The van der Waals surface area contributed by atoms with Crippen LogP contribution in [-0.4, -0.2) is 40.8 Å². The number of thiocarbonyl (C=S) groups is 1. The summed E-state index contributed by atoms with van der Waals surface area (Å²) in [6.45, 7) is 2.90. The summed E-state index contributed by atoms with van der Waals surface area (Å²) < 4.78 is 2.02. The molecular formula is C23H25N7S. The van der Waals surface area contributed by atoms with E-state index in [0.29, 0.717) is 18.8 Å². The summed E-state index contributed by atoms with van der Waals surface area (Å²) in [4.78, 5) is 4.70. The molecule has 4 rings (SSSR count). The van der Waals surface area contributed by atoms with Crippen LogP contribution in [0.4, 0.5) is 0 Å². The zero-order chi connectivity index (χ0) is 21.5. The lowest BCUT2D eigenvalue weighted by Crippen LogP contribution is -2.07. The summed E-state index contributed by atoms with van der Waals surface area (Å²) in [7, 11) is 0. The van der Waals surface area contributed by atoms with Crippen LogP contribution in [0.3, 0.4) is 0 Å². The number of hydrogen-bond acceptors (Lipinski definition) is 6. The van der Waals surface area contributed by atoms with E-state index in [9.17, 15) is 0 Å². The maximum Gasteiger partial charge on any atom is 0.180 e. The number of aromatic amines is 1. The number of nitrogens with zero attached hydrogens (tertiary/aromatic N) is 6. The molecule has 0 amide bonds. The number of H-pyrrole nitrogens is 1. The van der Waals surface area contributed by atoms with Crippen molar-refractivity contribution in [3.63, 3.8) is 0 Å². The highest BCUT2D eigenvalue weighted by atomic mass is 32.1. The Morgan fingerprint density at radius 3 is 2.55 bits per heavy atom. The van der Waals surface area contributed by atoms with Gasteiger partial charge in [-0.25, -0.2) is 14.8 Å². The van der Waals surface area contributed by atoms with Crippen molar-refractivity contribution in [2.75, 3.05) is 0 Å². The lowest BCUT2D eigenvalue weighted by molar-refractivity contribution is 0.605.